The van der Waals surface area contributed by atoms with Crippen molar-refractivity contribution in [1.29, 1.82) is 0 Å². The summed E-state index contributed by atoms with van der Waals surface area (Å²) in [5.74, 6) is 0.0967. The van der Waals surface area contributed by atoms with E-state index < -0.39 is 0 Å². The summed E-state index contributed by atoms with van der Waals surface area (Å²) in [5, 5.41) is 11.8. The molecular weight excluding hydrogens is 334 g/mol. The van der Waals surface area contributed by atoms with Gasteiger partial charge in [0.15, 0.2) is 5.84 Å². The molecule has 0 amide bonds. The average Bonchev–Trinajstić information content (AvgIpc) is 2.50. The minimum atomic E-state index is 0.0967. The van der Waals surface area contributed by atoms with Crippen LogP contribution in [-0.4, -0.2) is 37.3 Å². The van der Waals surface area contributed by atoms with Gasteiger partial charge in [0, 0.05) is 35.4 Å². The normalized spacial score (nSPS) is 12.0. The van der Waals surface area contributed by atoms with Gasteiger partial charge >= 0.3 is 0 Å². The summed E-state index contributed by atoms with van der Waals surface area (Å²) in [4.78, 5) is 2.34. The lowest BCUT2D eigenvalue weighted by atomic mass is 10.1. The zero-order valence-corrected chi connectivity index (χ0v) is 14.4. The summed E-state index contributed by atoms with van der Waals surface area (Å²) in [5.41, 5.74) is 7.43. The van der Waals surface area contributed by atoms with Gasteiger partial charge in [0.25, 0.3) is 0 Å². The predicted octanol–water partition coefficient (Wildman–Crippen LogP) is 3.19. The van der Waals surface area contributed by atoms with E-state index in [-0.39, 0.29) is 5.84 Å². The van der Waals surface area contributed by atoms with E-state index in [4.69, 9.17) is 15.7 Å². The molecule has 0 saturated heterocycles. The smallest absolute Gasteiger partial charge is 0.171 e. The lowest BCUT2D eigenvalue weighted by Crippen LogP contribution is -2.37. The summed E-state index contributed by atoms with van der Waals surface area (Å²) in [6.07, 6.45) is 2.14. The Morgan fingerprint density at radius 3 is 2.57 bits per heavy atom. The molecule has 0 spiro atoms. The van der Waals surface area contributed by atoms with E-state index >= 15 is 0 Å². The second kappa shape index (κ2) is 8.89. The van der Waals surface area contributed by atoms with Crippen LogP contribution in [0.15, 0.2) is 27.8 Å². The highest BCUT2D eigenvalue weighted by Gasteiger charge is 2.17. The van der Waals surface area contributed by atoms with Crippen molar-refractivity contribution >= 4 is 27.5 Å². The van der Waals surface area contributed by atoms with Gasteiger partial charge in [0.1, 0.15) is 0 Å². The fraction of sp³-hybridized carbons (Fsp3) is 0.533. The van der Waals surface area contributed by atoms with Crippen molar-refractivity contribution in [2.24, 2.45) is 10.9 Å². The third-order valence-corrected chi connectivity index (χ3v) is 4.24. The van der Waals surface area contributed by atoms with Crippen LogP contribution in [-0.2, 0) is 4.74 Å². The van der Waals surface area contributed by atoms with Crippen LogP contribution >= 0.6 is 15.9 Å². The number of amidine groups is 1. The van der Waals surface area contributed by atoms with Crippen LogP contribution in [0, 0.1) is 0 Å². The fourth-order valence-electron chi connectivity index (χ4n) is 2.39. The predicted molar refractivity (Wildman–Crippen MR) is 90.2 cm³/mol. The number of ether oxygens (including phenoxy) is 1. The molecule has 1 aromatic rings. The van der Waals surface area contributed by atoms with E-state index in [1.165, 1.54) is 0 Å². The lowest BCUT2D eigenvalue weighted by molar-refractivity contribution is 0.202. The molecule has 0 atom stereocenters. The third-order valence-electron chi connectivity index (χ3n) is 3.59. The van der Waals surface area contributed by atoms with Crippen molar-refractivity contribution in [2.45, 2.75) is 32.7 Å². The van der Waals surface area contributed by atoms with Crippen LogP contribution in [0.4, 0.5) is 5.69 Å². The van der Waals surface area contributed by atoms with Gasteiger partial charge in [-0.05, 0) is 47.0 Å². The summed E-state index contributed by atoms with van der Waals surface area (Å²) in [6.45, 7) is 5.88. The second-order valence-electron chi connectivity index (χ2n) is 4.81. The topological polar surface area (TPSA) is 71.1 Å². The Morgan fingerprint density at radius 2 is 2.10 bits per heavy atom. The Morgan fingerprint density at radius 1 is 1.43 bits per heavy atom. The van der Waals surface area contributed by atoms with Gasteiger partial charge in [0.2, 0.25) is 0 Å². The van der Waals surface area contributed by atoms with Crippen LogP contribution in [0.25, 0.3) is 0 Å². The Kier molecular flexibility index (Phi) is 7.53. The van der Waals surface area contributed by atoms with Crippen molar-refractivity contribution in [2.75, 3.05) is 25.2 Å². The van der Waals surface area contributed by atoms with Crippen molar-refractivity contribution in [3.63, 3.8) is 0 Å². The fourth-order valence-corrected chi connectivity index (χ4v) is 2.96. The van der Waals surface area contributed by atoms with Crippen molar-refractivity contribution in [3.05, 3.63) is 28.2 Å². The van der Waals surface area contributed by atoms with Gasteiger partial charge in [-0.15, -0.1) is 0 Å². The zero-order valence-electron chi connectivity index (χ0n) is 12.8. The highest BCUT2D eigenvalue weighted by molar-refractivity contribution is 9.10. The first-order chi connectivity index (χ1) is 10.1. The standard InChI is InChI=1S/C15H24BrN3O2/c1-4-11(5-2)19(8-9-21-3)12-6-7-13(14(16)10-12)15(17)18-20/h6-7,10-11,20H,4-5,8-9H2,1-3H3,(H2,17,18). The van der Waals surface area contributed by atoms with Crippen LogP contribution in [0.1, 0.15) is 32.3 Å². The molecular formula is C15H24BrN3O2. The second-order valence-corrected chi connectivity index (χ2v) is 5.66. The van der Waals surface area contributed by atoms with Gasteiger partial charge in [-0.3, -0.25) is 0 Å². The van der Waals surface area contributed by atoms with Crippen LogP contribution in [0.3, 0.4) is 0 Å². The summed E-state index contributed by atoms with van der Waals surface area (Å²) >= 11 is 3.49. The van der Waals surface area contributed by atoms with Gasteiger partial charge in [0.05, 0.1) is 6.61 Å². The summed E-state index contributed by atoms with van der Waals surface area (Å²) < 4.78 is 6.03. The van der Waals surface area contributed by atoms with Gasteiger partial charge < -0.3 is 20.6 Å². The number of nitrogens with two attached hydrogens (primary N) is 1. The lowest BCUT2D eigenvalue weighted by Gasteiger charge is -2.33. The number of methoxy groups -OCH3 is 1. The van der Waals surface area contributed by atoms with E-state index in [0.29, 0.717) is 18.2 Å². The Balaban J connectivity index is 3.10. The molecule has 1 aromatic carbocycles. The van der Waals surface area contributed by atoms with Crippen LogP contribution in [0.2, 0.25) is 0 Å². The highest BCUT2D eigenvalue weighted by Crippen LogP contribution is 2.27. The van der Waals surface area contributed by atoms with Crippen LogP contribution < -0.4 is 10.6 Å². The molecule has 0 fully saturated rings. The van der Waals surface area contributed by atoms with E-state index in [1.807, 2.05) is 18.2 Å². The van der Waals surface area contributed by atoms with Gasteiger partial charge in [-0.2, -0.15) is 0 Å². The third kappa shape index (κ3) is 4.61. The van der Waals surface area contributed by atoms with E-state index in [0.717, 1.165) is 29.5 Å². The van der Waals surface area contributed by atoms with Crippen molar-refractivity contribution in [1.82, 2.24) is 0 Å². The monoisotopic (exact) mass is 357 g/mol. The molecule has 21 heavy (non-hydrogen) atoms. The molecule has 0 aliphatic rings. The van der Waals surface area contributed by atoms with E-state index in [1.54, 1.807) is 7.11 Å². The molecule has 0 bridgehead atoms. The van der Waals surface area contributed by atoms with E-state index in [2.05, 4.69) is 39.8 Å². The molecule has 0 aliphatic carbocycles. The first-order valence-corrected chi connectivity index (χ1v) is 7.91. The zero-order chi connectivity index (χ0) is 15.8. The Bertz CT molecular complexity index is 476. The summed E-state index contributed by atoms with van der Waals surface area (Å²) in [6, 6.07) is 6.31. The molecule has 0 saturated carbocycles. The molecule has 1 rings (SSSR count). The SMILES string of the molecule is CCC(CC)N(CCOC)c1ccc(/C(N)=N/O)c(Br)c1. The average molecular weight is 358 g/mol. The maximum atomic E-state index is 8.79. The number of hydrogen-bond donors (Lipinski definition) is 2. The maximum absolute atomic E-state index is 8.79. The maximum Gasteiger partial charge on any atom is 0.171 e. The van der Waals surface area contributed by atoms with Gasteiger partial charge in [-0.1, -0.05) is 19.0 Å². The molecule has 6 heteroatoms. The number of halogens is 1. The van der Waals surface area contributed by atoms with Gasteiger partial charge in [-0.25, -0.2) is 0 Å². The molecule has 118 valence electrons. The molecule has 0 radical (unpaired) electrons. The molecule has 0 aromatic heterocycles. The molecule has 0 unspecified atom stereocenters. The number of hydrogen-bond acceptors (Lipinski definition) is 4. The molecule has 5 nitrogen and oxygen atoms in total. The minimum Gasteiger partial charge on any atom is -0.409 e. The molecule has 3 N–H and O–H groups in total. The minimum absolute atomic E-state index is 0.0967. The van der Waals surface area contributed by atoms with Crippen molar-refractivity contribution < 1.29 is 9.94 Å². The quantitative estimate of drug-likeness (QED) is 0.324. The Labute approximate surface area is 134 Å². The number of rotatable bonds is 8. The van der Waals surface area contributed by atoms with E-state index in [9.17, 15) is 0 Å². The largest absolute Gasteiger partial charge is 0.409 e. The molecule has 0 heterocycles. The first kappa shape index (κ1) is 17.8. The number of oxime groups is 1. The number of nitrogens with zero attached hydrogens (tertiary/aromatic N) is 2. The van der Waals surface area contributed by atoms with Crippen molar-refractivity contribution in [3.8, 4) is 0 Å². The summed E-state index contributed by atoms with van der Waals surface area (Å²) in [7, 11) is 1.71. The number of benzene rings is 1. The highest BCUT2D eigenvalue weighted by atomic mass is 79.9. The van der Waals surface area contributed by atoms with Crippen LogP contribution in [0.5, 0.6) is 0 Å². The number of anilines is 1. The Hall–Kier alpha value is -1.27. The molecule has 0 aliphatic heterocycles. The first-order valence-electron chi connectivity index (χ1n) is 7.11.